The van der Waals surface area contributed by atoms with Crippen LogP contribution in [0.3, 0.4) is 0 Å². The highest BCUT2D eigenvalue weighted by Crippen LogP contribution is 2.25. The van der Waals surface area contributed by atoms with Gasteiger partial charge >= 0.3 is 0 Å². The molecule has 0 unspecified atom stereocenters. The minimum absolute atomic E-state index is 0.0280. The maximum absolute atomic E-state index is 12.4. The Bertz CT molecular complexity index is 859. The van der Waals surface area contributed by atoms with E-state index in [9.17, 15) is 4.79 Å². The van der Waals surface area contributed by atoms with Crippen molar-refractivity contribution >= 4 is 17.7 Å². The summed E-state index contributed by atoms with van der Waals surface area (Å²) in [6, 6.07) is 17.0. The number of rotatable bonds is 5. The molecule has 0 spiro atoms. The number of anilines is 1. The zero-order valence-electron chi connectivity index (χ0n) is 19.1. The van der Waals surface area contributed by atoms with E-state index in [2.05, 4.69) is 86.4 Å². The van der Waals surface area contributed by atoms with Gasteiger partial charge in [-0.25, -0.2) is 0 Å². The Morgan fingerprint density at radius 1 is 1.10 bits per heavy atom. The lowest BCUT2D eigenvalue weighted by atomic mass is 9.87. The first kappa shape index (κ1) is 22.1. The van der Waals surface area contributed by atoms with Crippen LogP contribution in [0.25, 0.3) is 6.08 Å². The molecule has 3 rings (SSSR count). The third-order valence-corrected chi connectivity index (χ3v) is 5.98. The SMILES string of the molecule is C[C@H]1CCCN(c2ccc([C@H](C)NC(=O)/C=C/c3ccc(C(C)(C)C)cc3)cc2)C1. The van der Waals surface area contributed by atoms with Crippen molar-refractivity contribution in [2.45, 2.75) is 58.9 Å². The van der Waals surface area contributed by atoms with Crippen molar-refractivity contribution in [1.29, 1.82) is 0 Å². The molecule has 0 saturated carbocycles. The molecule has 1 amide bonds. The van der Waals surface area contributed by atoms with Crippen molar-refractivity contribution < 1.29 is 4.79 Å². The van der Waals surface area contributed by atoms with Gasteiger partial charge in [0.05, 0.1) is 6.04 Å². The van der Waals surface area contributed by atoms with Gasteiger partial charge in [-0.05, 0) is 66.0 Å². The first-order chi connectivity index (χ1) is 14.2. The smallest absolute Gasteiger partial charge is 0.244 e. The Kier molecular flexibility index (Phi) is 7.02. The predicted octanol–water partition coefficient (Wildman–Crippen LogP) is 6.11. The van der Waals surface area contributed by atoms with E-state index in [4.69, 9.17) is 0 Å². The van der Waals surface area contributed by atoms with Gasteiger partial charge in [-0.3, -0.25) is 4.79 Å². The fourth-order valence-corrected chi connectivity index (χ4v) is 4.01. The van der Waals surface area contributed by atoms with Gasteiger partial charge in [0.1, 0.15) is 0 Å². The topological polar surface area (TPSA) is 32.3 Å². The summed E-state index contributed by atoms with van der Waals surface area (Å²) in [5, 5.41) is 3.07. The largest absolute Gasteiger partial charge is 0.371 e. The number of nitrogens with one attached hydrogen (secondary N) is 1. The van der Waals surface area contributed by atoms with E-state index >= 15 is 0 Å². The van der Waals surface area contributed by atoms with Gasteiger partial charge in [0.2, 0.25) is 5.91 Å². The number of amides is 1. The average molecular weight is 405 g/mol. The van der Waals surface area contributed by atoms with Crippen molar-refractivity contribution in [3.63, 3.8) is 0 Å². The van der Waals surface area contributed by atoms with Gasteiger partial charge in [0.15, 0.2) is 0 Å². The van der Waals surface area contributed by atoms with Crippen LogP contribution in [0.4, 0.5) is 5.69 Å². The second kappa shape index (κ2) is 9.51. The lowest BCUT2D eigenvalue weighted by molar-refractivity contribution is -0.117. The van der Waals surface area contributed by atoms with Crippen LogP contribution in [0.2, 0.25) is 0 Å². The van der Waals surface area contributed by atoms with Crippen LogP contribution in [0.1, 0.15) is 70.2 Å². The summed E-state index contributed by atoms with van der Waals surface area (Å²) >= 11 is 0. The first-order valence-corrected chi connectivity index (χ1v) is 11.2. The molecule has 1 aliphatic heterocycles. The Morgan fingerprint density at radius 3 is 2.37 bits per heavy atom. The van der Waals surface area contributed by atoms with Crippen LogP contribution in [-0.4, -0.2) is 19.0 Å². The number of piperidine rings is 1. The Hall–Kier alpha value is -2.55. The molecule has 160 valence electrons. The number of nitrogens with zero attached hydrogens (tertiary/aromatic N) is 1. The van der Waals surface area contributed by atoms with Gasteiger partial charge in [-0.2, -0.15) is 0 Å². The highest BCUT2D eigenvalue weighted by molar-refractivity contribution is 5.92. The highest BCUT2D eigenvalue weighted by Gasteiger charge is 2.17. The average Bonchev–Trinajstić information content (AvgIpc) is 2.72. The van der Waals surface area contributed by atoms with E-state index in [0.29, 0.717) is 0 Å². The molecule has 0 radical (unpaired) electrons. The maximum atomic E-state index is 12.4. The molecule has 0 bridgehead atoms. The van der Waals surface area contributed by atoms with Gasteiger partial charge in [0.25, 0.3) is 0 Å². The molecule has 1 N–H and O–H groups in total. The molecule has 30 heavy (non-hydrogen) atoms. The molecule has 1 heterocycles. The lowest BCUT2D eigenvalue weighted by Gasteiger charge is -2.33. The molecule has 1 fully saturated rings. The van der Waals surface area contributed by atoms with E-state index in [0.717, 1.165) is 30.1 Å². The summed E-state index contributed by atoms with van der Waals surface area (Å²) in [6.45, 7) is 13.2. The van der Waals surface area contributed by atoms with Gasteiger partial charge in [-0.1, -0.05) is 64.1 Å². The predicted molar refractivity (Wildman–Crippen MR) is 128 cm³/mol. The Balaban J connectivity index is 1.55. The Labute approximate surface area is 182 Å². The first-order valence-electron chi connectivity index (χ1n) is 11.2. The molecule has 2 atom stereocenters. The van der Waals surface area contributed by atoms with Crippen LogP contribution in [-0.2, 0) is 10.2 Å². The van der Waals surface area contributed by atoms with Crippen LogP contribution >= 0.6 is 0 Å². The van der Waals surface area contributed by atoms with Crippen molar-refractivity contribution in [3.8, 4) is 0 Å². The molecule has 1 saturated heterocycles. The fraction of sp³-hybridized carbons (Fsp3) is 0.444. The molecular weight excluding hydrogens is 368 g/mol. The lowest BCUT2D eigenvalue weighted by Crippen LogP contribution is -2.34. The van der Waals surface area contributed by atoms with E-state index in [1.165, 1.54) is 24.1 Å². The van der Waals surface area contributed by atoms with Crippen molar-refractivity contribution in [1.82, 2.24) is 5.32 Å². The van der Waals surface area contributed by atoms with Gasteiger partial charge in [0, 0.05) is 24.9 Å². The molecule has 2 aromatic rings. The number of benzene rings is 2. The van der Waals surface area contributed by atoms with E-state index in [1.54, 1.807) is 6.08 Å². The van der Waals surface area contributed by atoms with Crippen LogP contribution in [0.5, 0.6) is 0 Å². The van der Waals surface area contributed by atoms with Crippen molar-refractivity contribution in [3.05, 3.63) is 71.3 Å². The monoisotopic (exact) mass is 404 g/mol. The number of carbonyl (C=O) groups is 1. The Morgan fingerprint density at radius 2 is 1.77 bits per heavy atom. The molecule has 3 heteroatoms. The molecule has 0 aromatic heterocycles. The second-order valence-electron chi connectivity index (χ2n) is 9.72. The summed E-state index contributed by atoms with van der Waals surface area (Å²) in [5.74, 6) is 0.685. The molecule has 1 aliphatic rings. The molecular formula is C27H36N2O. The summed E-state index contributed by atoms with van der Waals surface area (Å²) in [7, 11) is 0. The number of hydrogen-bond donors (Lipinski definition) is 1. The minimum atomic E-state index is -0.0728. The third-order valence-electron chi connectivity index (χ3n) is 5.98. The fourth-order valence-electron chi connectivity index (χ4n) is 4.01. The summed E-state index contributed by atoms with van der Waals surface area (Å²) in [6.07, 6.45) is 6.08. The zero-order valence-corrected chi connectivity index (χ0v) is 19.1. The molecule has 3 nitrogen and oxygen atoms in total. The van der Waals surface area contributed by atoms with E-state index in [-0.39, 0.29) is 17.4 Å². The standard InChI is InChI=1S/C27H36N2O/c1-20-7-6-18-29(19-20)25-15-11-23(12-16-25)21(2)28-26(30)17-10-22-8-13-24(14-9-22)27(3,4)5/h8-17,20-21H,6-7,18-19H2,1-5H3,(H,28,30)/b17-10+/t20-,21-/m0/s1. The highest BCUT2D eigenvalue weighted by atomic mass is 16.1. The third kappa shape index (κ3) is 5.98. The maximum Gasteiger partial charge on any atom is 0.244 e. The number of hydrogen-bond acceptors (Lipinski definition) is 2. The minimum Gasteiger partial charge on any atom is -0.371 e. The normalized spacial score (nSPS) is 18.4. The van der Waals surface area contributed by atoms with Crippen LogP contribution in [0.15, 0.2) is 54.6 Å². The summed E-state index contributed by atoms with van der Waals surface area (Å²) in [4.78, 5) is 14.8. The van der Waals surface area contributed by atoms with Gasteiger partial charge < -0.3 is 10.2 Å². The molecule has 2 aromatic carbocycles. The summed E-state index contributed by atoms with van der Waals surface area (Å²) < 4.78 is 0. The quantitative estimate of drug-likeness (QED) is 0.610. The molecule has 0 aliphatic carbocycles. The second-order valence-corrected chi connectivity index (χ2v) is 9.72. The van der Waals surface area contributed by atoms with Crippen molar-refractivity contribution in [2.75, 3.05) is 18.0 Å². The zero-order chi connectivity index (χ0) is 21.7. The van der Waals surface area contributed by atoms with E-state index in [1.807, 2.05) is 13.0 Å². The number of carbonyl (C=O) groups excluding carboxylic acids is 1. The van der Waals surface area contributed by atoms with Crippen LogP contribution < -0.4 is 10.2 Å². The van der Waals surface area contributed by atoms with Crippen LogP contribution in [0, 0.1) is 5.92 Å². The summed E-state index contributed by atoms with van der Waals surface area (Å²) in [5.41, 5.74) is 4.87. The van der Waals surface area contributed by atoms with Crippen molar-refractivity contribution in [2.24, 2.45) is 5.92 Å². The van der Waals surface area contributed by atoms with E-state index < -0.39 is 0 Å². The van der Waals surface area contributed by atoms with Gasteiger partial charge in [-0.15, -0.1) is 0 Å².